The zero-order valence-corrected chi connectivity index (χ0v) is 22.1. The summed E-state index contributed by atoms with van der Waals surface area (Å²) in [4.78, 5) is 2.29. The van der Waals surface area contributed by atoms with Gasteiger partial charge in [0.15, 0.2) is 22.9 Å². The van der Waals surface area contributed by atoms with E-state index in [2.05, 4.69) is 17.0 Å². The molecule has 2 heterocycles. The summed E-state index contributed by atoms with van der Waals surface area (Å²) < 4.78 is 38.1. The van der Waals surface area contributed by atoms with Crippen LogP contribution in [0.5, 0.6) is 11.5 Å². The van der Waals surface area contributed by atoms with Gasteiger partial charge in [-0.25, -0.2) is 4.39 Å². The number of aryl methyl sites for hydroxylation is 1. The van der Waals surface area contributed by atoms with E-state index in [0.717, 1.165) is 66.7 Å². The quantitative estimate of drug-likeness (QED) is 0.250. The van der Waals surface area contributed by atoms with E-state index in [1.165, 1.54) is 12.5 Å². The van der Waals surface area contributed by atoms with E-state index >= 15 is 4.39 Å². The van der Waals surface area contributed by atoms with Gasteiger partial charge in [-0.15, -0.1) is 0 Å². The van der Waals surface area contributed by atoms with E-state index < -0.39 is 0 Å². The number of anilines is 1. The number of ether oxygens (including phenoxy) is 3. The minimum atomic E-state index is -0.223. The maximum absolute atomic E-state index is 15.2. The molecule has 0 radical (unpaired) electrons. The van der Waals surface area contributed by atoms with Crippen LogP contribution >= 0.6 is 0 Å². The third-order valence-electron chi connectivity index (χ3n) is 6.97. The highest BCUT2D eigenvalue weighted by atomic mass is 19.1. The molecule has 0 bridgehead atoms. The summed E-state index contributed by atoms with van der Waals surface area (Å²) in [6, 6.07) is 7.38. The number of hydrogen-bond donors (Lipinski definition) is 0. The predicted molar refractivity (Wildman–Crippen MR) is 141 cm³/mol. The molecule has 1 aliphatic rings. The maximum Gasteiger partial charge on any atom is 0.180 e. The summed E-state index contributed by atoms with van der Waals surface area (Å²) in [6.07, 6.45) is 6.52. The van der Waals surface area contributed by atoms with Crippen molar-refractivity contribution in [2.24, 2.45) is 0 Å². The van der Waals surface area contributed by atoms with Crippen molar-refractivity contribution in [2.45, 2.75) is 71.8 Å². The first kappa shape index (κ1) is 26.3. The van der Waals surface area contributed by atoms with Gasteiger partial charge in [-0.3, -0.25) is 0 Å². The lowest BCUT2D eigenvalue weighted by atomic mass is 9.94. The Morgan fingerprint density at radius 3 is 2.58 bits per heavy atom. The maximum atomic E-state index is 15.2. The SMILES string of the molecule is CCCc1c(CCCOc2ccc(C(C)OCC)cc2OC)c(F)cc2onc(N3CCCCC3)c12. The highest BCUT2D eigenvalue weighted by Crippen LogP contribution is 2.36. The van der Waals surface area contributed by atoms with E-state index in [-0.39, 0.29) is 11.9 Å². The number of halogens is 1. The van der Waals surface area contributed by atoms with Gasteiger partial charge in [0.05, 0.1) is 25.2 Å². The molecule has 6 nitrogen and oxygen atoms in total. The van der Waals surface area contributed by atoms with Crippen molar-refractivity contribution in [1.29, 1.82) is 0 Å². The monoisotopic (exact) mass is 498 g/mol. The molecule has 1 atom stereocenters. The lowest BCUT2D eigenvalue weighted by Gasteiger charge is -2.27. The topological polar surface area (TPSA) is 57.0 Å². The Bertz CT molecular complexity index is 1140. The molecular formula is C29H39FN2O4. The molecule has 7 heteroatoms. The van der Waals surface area contributed by atoms with Gasteiger partial charge in [-0.1, -0.05) is 24.6 Å². The van der Waals surface area contributed by atoms with Gasteiger partial charge in [-0.05, 0) is 81.2 Å². The van der Waals surface area contributed by atoms with Crippen molar-refractivity contribution in [3.63, 3.8) is 0 Å². The number of fused-ring (bicyclic) bond motifs is 1. The molecule has 0 amide bonds. The van der Waals surface area contributed by atoms with Crippen molar-refractivity contribution in [3.05, 3.63) is 46.8 Å². The van der Waals surface area contributed by atoms with Gasteiger partial charge >= 0.3 is 0 Å². The van der Waals surface area contributed by atoms with Crippen molar-refractivity contribution in [3.8, 4) is 11.5 Å². The highest BCUT2D eigenvalue weighted by molar-refractivity contribution is 5.93. The molecule has 36 heavy (non-hydrogen) atoms. The summed E-state index contributed by atoms with van der Waals surface area (Å²) in [5.74, 6) is 2.01. The van der Waals surface area contributed by atoms with Crippen molar-refractivity contribution in [2.75, 3.05) is 38.3 Å². The molecule has 0 aliphatic carbocycles. The number of aromatic nitrogens is 1. The van der Waals surface area contributed by atoms with Crippen molar-refractivity contribution < 1.29 is 23.1 Å². The lowest BCUT2D eigenvalue weighted by molar-refractivity contribution is 0.0761. The molecule has 4 rings (SSSR count). The van der Waals surface area contributed by atoms with Crippen molar-refractivity contribution >= 4 is 16.8 Å². The van der Waals surface area contributed by atoms with Crippen LogP contribution in [0.4, 0.5) is 10.2 Å². The van der Waals surface area contributed by atoms with Gasteiger partial charge in [0.1, 0.15) is 5.82 Å². The first-order chi connectivity index (χ1) is 17.6. The average Bonchev–Trinajstić information content (AvgIpc) is 3.32. The van der Waals surface area contributed by atoms with Gasteiger partial charge in [-0.2, -0.15) is 0 Å². The second-order valence-corrected chi connectivity index (χ2v) is 9.45. The second-order valence-electron chi connectivity index (χ2n) is 9.45. The van der Waals surface area contributed by atoms with Crippen LogP contribution in [0.25, 0.3) is 11.0 Å². The zero-order valence-electron chi connectivity index (χ0n) is 22.1. The Hall–Kier alpha value is -2.80. The summed E-state index contributed by atoms with van der Waals surface area (Å²) >= 11 is 0. The minimum Gasteiger partial charge on any atom is -0.493 e. The van der Waals surface area contributed by atoms with E-state index in [4.69, 9.17) is 18.7 Å². The van der Waals surface area contributed by atoms with Gasteiger partial charge in [0.25, 0.3) is 0 Å². The summed E-state index contributed by atoms with van der Waals surface area (Å²) in [5.41, 5.74) is 3.37. The van der Waals surface area contributed by atoms with E-state index in [9.17, 15) is 0 Å². The van der Waals surface area contributed by atoms with Crippen LogP contribution in [0.3, 0.4) is 0 Å². The summed E-state index contributed by atoms with van der Waals surface area (Å²) in [6.45, 7) is 9.18. The number of methoxy groups -OCH3 is 1. The largest absolute Gasteiger partial charge is 0.493 e. The third-order valence-corrected chi connectivity index (χ3v) is 6.97. The van der Waals surface area contributed by atoms with E-state index in [0.29, 0.717) is 43.1 Å². The number of benzene rings is 2. The standard InChI is InChI=1S/C29H39FN2O4/c1-5-11-23-22(24(30)19-27-28(23)29(31-36-27)32-15-8-7-9-16-32)12-10-17-35-25-14-13-21(18-26(25)33-4)20(3)34-6-2/h13-14,18-20H,5-12,15-17H2,1-4H3. The lowest BCUT2D eigenvalue weighted by Crippen LogP contribution is -2.29. The fraction of sp³-hybridized carbons (Fsp3) is 0.552. The van der Waals surface area contributed by atoms with Crippen LogP contribution in [0.1, 0.15) is 75.7 Å². The van der Waals surface area contributed by atoms with Crippen LogP contribution in [-0.4, -0.2) is 38.6 Å². The molecule has 0 spiro atoms. The zero-order chi connectivity index (χ0) is 25.5. The predicted octanol–water partition coefficient (Wildman–Crippen LogP) is 7.03. The first-order valence-corrected chi connectivity index (χ1v) is 13.3. The summed E-state index contributed by atoms with van der Waals surface area (Å²) in [5, 5.41) is 5.35. The molecule has 3 aromatic rings. The van der Waals surface area contributed by atoms with Crippen LogP contribution in [-0.2, 0) is 17.6 Å². The molecule has 1 unspecified atom stereocenters. The number of rotatable bonds is 12. The number of hydrogen-bond acceptors (Lipinski definition) is 6. The van der Waals surface area contributed by atoms with Gasteiger partial charge < -0.3 is 23.6 Å². The summed E-state index contributed by atoms with van der Waals surface area (Å²) in [7, 11) is 1.64. The molecule has 0 N–H and O–H groups in total. The number of nitrogens with zero attached hydrogens (tertiary/aromatic N) is 2. The number of piperidine rings is 1. The molecule has 1 aliphatic heterocycles. The molecule has 196 valence electrons. The average molecular weight is 499 g/mol. The van der Waals surface area contributed by atoms with Crippen LogP contribution in [0.15, 0.2) is 28.8 Å². The Labute approximate surface area is 213 Å². The van der Waals surface area contributed by atoms with Crippen LogP contribution < -0.4 is 14.4 Å². The highest BCUT2D eigenvalue weighted by Gasteiger charge is 2.24. The van der Waals surface area contributed by atoms with E-state index in [1.54, 1.807) is 7.11 Å². The normalized spacial score (nSPS) is 14.9. The Balaban J connectivity index is 1.49. The Morgan fingerprint density at radius 1 is 1.06 bits per heavy atom. The molecule has 1 fully saturated rings. The fourth-order valence-electron chi connectivity index (χ4n) is 5.12. The van der Waals surface area contributed by atoms with Crippen LogP contribution in [0, 0.1) is 5.82 Å². The fourth-order valence-corrected chi connectivity index (χ4v) is 5.12. The third kappa shape index (κ3) is 5.77. The first-order valence-electron chi connectivity index (χ1n) is 13.3. The Kier molecular flexibility index (Phi) is 9.08. The van der Waals surface area contributed by atoms with Gasteiger partial charge in [0, 0.05) is 25.8 Å². The van der Waals surface area contributed by atoms with Gasteiger partial charge in [0.2, 0.25) is 0 Å². The Morgan fingerprint density at radius 2 is 1.86 bits per heavy atom. The minimum absolute atomic E-state index is 0.0138. The van der Waals surface area contributed by atoms with Crippen LogP contribution in [0.2, 0.25) is 0 Å². The second kappa shape index (κ2) is 12.4. The van der Waals surface area contributed by atoms with E-state index in [1.807, 2.05) is 32.0 Å². The smallest absolute Gasteiger partial charge is 0.180 e. The molecule has 0 saturated carbocycles. The molecule has 1 aromatic heterocycles. The molecule has 2 aromatic carbocycles. The van der Waals surface area contributed by atoms with Crippen molar-refractivity contribution in [1.82, 2.24) is 5.16 Å². The molecule has 1 saturated heterocycles. The molecular weight excluding hydrogens is 459 g/mol.